The molecule has 2 aliphatic heterocycles. The van der Waals surface area contributed by atoms with Crippen LogP contribution in [0.25, 0.3) is 0 Å². The van der Waals surface area contributed by atoms with Gasteiger partial charge in [-0.2, -0.15) is 0 Å². The van der Waals surface area contributed by atoms with Crippen molar-refractivity contribution in [2.45, 2.75) is 18.9 Å². The van der Waals surface area contributed by atoms with Crippen LogP contribution in [0.5, 0.6) is 0 Å². The van der Waals surface area contributed by atoms with E-state index in [2.05, 4.69) is 0 Å². The largest absolute Gasteiger partial charge is 0.379 e. The van der Waals surface area contributed by atoms with Crippen molar-refractivity contribution in [2.24, 2.45) is 5.73 Å². The predicted molar refractivity (Wildman–Crippen MR) is 61.2 cm³/mol. The van der Waals surface area contributed by atoms with Gasteiger partial charge in [0.2, 0.25) is 11.8 Å². The number of hydrogen-bond acceptors (Lipinski definition) is 4. The Balaban J connectivity index is 1.92. The lowest BCUT2D eigenvalue weighted by Crippen LogP contribution is -2.60. The Kier molecular flexibility index (Phi) is 3.35. The third kappa shape index (κ3) is 2.42. The zero-order chi connectivity index (χ0) is 12.5. The minimum Gasteiger partial charge on any atom is -0.379 e. The Morgan fingerprint density at radius 3 is 2.24 bits per heavy atom. The highest BCUT2D eigenvalue weighted by molar-refractivity contribution is 5.87. The van der Waals surface area contributed by atoms with Crippen molar-refractivity contribution in [1.29, 1.82) is 0 Å². The fourth-order valence-electron chi connectivity index (χ4n) is 2.29. The van der Waals surface area contributed by atoms with E-state index in [0.29, 0.717) is 45.8 Å². The Labute approximate surface area is 101 Å². The summed E-state index contributed by atoms with van der Waals surface area (Å²) in [7, 11) is 0. The molecule has 2 heterocycles. The maximum Gasteiger partial charge on any atom is 0.245 e. The highest BCUT2D eigenvalue weighted by atomic mass is 16.5. The topological polar surface area (TPSA) is 75.9 Å². The molecule has 0 aromatic heterocycles. The van der Waals surface area contributed by atoms with Gasteiger partial charge in [-0.05, 0) is 6.42 Å². The van der Waals surface area contributed by atoms with Gasteiger partial charge in [-0.25, -0.2) is 0 Å². The highest BCUT2D eigenvalue weighted by Gasteiger charge is 2.41. The smallest absolute Gasteiger partial charge is 0.245 e. The molecule has 0 saturated carbocycles. The van der Waals surface area contributed by atoms with Crippen LogP contribution in [0.1, 0.15) is 13.3 Å². The molecule has 2 rings (SSSR count). The van der Waals surface area contributed by atoms with Crippen molar-refractivity contribution >= 4 is 11.8 Å². The van der Waals surface area contributed by atoms with Crippen molar-refractivity contribution in [3.63, 3.8) is 0 Å². The number of hydrogen-bond donors (Lipinski definition) is 1. The first-order valence-electron chi connectivity index (χ1n) is 5.94. The monoisotopic (exact) mass is 241 g/mol. The number of piperazine rings is 1. The number of carbonyl (C=O) groups excluding carboxylic acids is 2. The van der Waals surface area contributed by atoms with Gasteiger partial charge in [0, 0.05) is 39.7 Å². The fraction of sp³-hybridized carbons (Fsp3) is 0.818. The third-order valence-corrected chi connectivity index (χ3v) is 3.49. The van der Waals surface area contributed by atoms with E-state index in [4.69, 9.17) is 10.5 Å². The van der Waals surface area contributed by atoms with E-state index in [-0.39, 0.29) is 11.8 Å². The predicted octanol–water partition coefficient (Wildman–Crippen LogP) is -1.21. The summed E-state index contributed by atoms with van der Waals surface area (Å²) in [5.74, 6) is 0.0157. The van der Waals surface area contributed by atoms with Crippen LogP contribution in [0.2, 0.25) is 0 Å². The summed E-state index contributed by atoms with van der Waals surface area (Å²) in [6.45, 7) is 4.73. The first kappa shape index (κ1) is 12.3. The van der Waals surface area contributed by atoms with Crippen LogP contribution in [0.3, 0.4) is 0 Å². The van der Waals surface area contributed by atoms with Crippen LogP contribution in [-0.2, 0) is 14.3 Å². The van der Waals surface area contributed by atoms with E-state index in [1.54, 1.807) is 16.7 Å². The van der Waals surface area contributed by atoms with Crippen molar-refractivity contribution in [1.82, 2.24) is 9.80 Å². The molecule has 0 spiro atoms. The molecule has 2 aliphatic rings. The maximum atomic E-state index is 12.2. The molecular formula is C11H19N3O3. The van der Waals surface area contributed by atoms with Gasteiger partial charge in [-0.1, -0.05) is 0 Å². The van der Waals surface area contributed by atoms with Gasteiger partial charge in [0.25, 0.3) is 0 Å². The number of ether oxygens (including phenoxy) is 1. The molecule has 0 bridgehead atoms. The normalized spacial score (nSPS) is 29.5. The average molecular weight is 241 g/mol. The van der Waals surface area contributed by atoms with Crippen LogP contribution in [0, 0.1) is 0 Å². The van der Waals surface area contributed by atoms with E-state index in [1.165, 1.54) is 0 Å². The van der Waals surface area contributed by atoms with E-state index < -0.39 is 5.54 Å². The fourth-order valence-corrected chi connectivity index (χ4v) is 2.29. The van der Waals surface area contributed by atoms with Gasteiger partial charge in [0.15, 0.2) is 0 Å². The summed E-state index contributed by atoms with van der Waals surface area (Å²) in [6, 6.07) is 0. The zero-order valence-electron chi connectivity index (χ0n) is 10.1. The molecule has 2 saturated heterocycles. The summed E-state index contributed by atoms with van der Waals surface area (Å²) < 4.78 is 5.19. The Morgan fingerprint density at radius 2 is 1.76 bits per heavy atom. The minimum atomic E-state index is -0.849. The molecule has 0 aromatic rings. The van der Waals surface area contributed by atoms with Gasteiger partial charge in [-0.3, -0.25) is 9.59 Å². The molecule has 2 fully saturated rings. The maximum absolute atomic E-state index is 12.2. The lowest BCUT2D eigenvalue weighted by Gasteiger charge is -2.37. The number of carbonyl (C=O) groups is 2. The molecule has 0 radical (unpaired) electrons. The summed E-state index contributed by atoms with van der Waals surface area (Å²) in [6.07, 6.45) is 0.582. The molecule has 0 aliphatic carbocycles. The minimum absolute atomic E-state index is 0.0433. The molecule has 2 amide bonds. The van der Waals surface area contributed by atoms with Crippen LogP contribution in [0.4, 0.5) is 0 Å². The molecule has 6 heteroatoms. The molecule has 2 N–H and O–H groups in total. The zero-order valence-corrected chi connectivity index (χ0v) is 10.1. The van der Waals surface area contributed by atoms with E-state index in [1.807, 2.05) is 0 Å². The second-order valence-corrected chi connectivity index (χ2v) is 4.76. The third-order valence-electron chi connectivity index (χ3n) is 3.49. The second kappa shape index (κ2) is 4.62. The average Bonchev–Trinajstić information content (AvgIpc) is 2.76. The lowest BCUT2D eigenvalue weighted by atomic mass is 9.98. The summed E-state index contributed by atoms with van der Waals surface area (Å²) in [5.41, 5.74) is 5.18. The Bertz CT molecular complexity index is 318. The van der Waals surface area contributed by atoms with Crippen LogP contribution in [-0.4, -0.2) is 66.5 Å². The van der Waals surface area contributed by atoms with Crippen molar-refractivity contribution in [2.75, 3.05) is 39.4 Å². The van der Waals surface area contributed by atoms with Crippen LogP contribution in [0.15, 0.2) is 0 Å². The standard InChI is InChI=1S/C11H19N3O3/c1-9(15)13-3-5-14(6-4-13)10(16)11(12)2-7-17-8-11/h2-8,12H2,1H3. The molecule has 0 aromatic carbocycles. The van der Waals surface area contributed by atoms with Gasteiger partial charge >= 0.3 is 0 Å². The molecule has 6 nitrogen and oxygen atoms in total. The SMILES string of the molecule is CC(=O)N1CCN(C(=O)C2(N)CCOC2)CC1. The van der Waals surface area contributed by atoms with E-state index in [9.17, 15) is 9.59 Å². The number of rotatable bonds is 1. The van der Waals surface area contributed by atoms with Gasteiger partial charge < -0.3 is 20.3 Å². The number of nitrogens with zero attached hydrogens (tertiary/aromatic N) is 2. The number of amides is 2. The van der Waals surface area contributed by atoms with Gasteiger partial charge in [0.1, 0.15) is 5.54 Å². The summed E-state index contributed by atoms with van der Waals surface area (Å²) in [4.78, 5) is 26.9. The number of nitrogens with two attached hydrogens (primary N) is 1. The Morgan fingerprint density at radius 1 is 1.18 bits per heavy atom. The summed E-state index contributed by atoms with van der Waals surface area (Å²) in [5, 5.41) is 0. The van der Waals surface area contributed by atoms with E-state index >= 15 is 0 Å². The Hall–Kier alpha value is -1.14. The molecule has 1 unspecified atom stereocenters. The molecule has 96 valence electrons. The van der Waals surface area contributed by atoms with Gasteiger partial charge in [0.05, 0.1) is 6.61 Å². The molecule has 17 heavy (non-hydrogen) atoms. The quantitative estimate of drug-likeness (QED) is 0.625. The van der Waals surface area contributed by atoms with Crippen LogP contribution >= 0.6 is 0 Å². The first-order chi connectivity index (χ1) is 8.03. The van der Waals surface area contributed by atoms with Gasteiger partial charge in [-0.15, -0.1) is 0 Å². The van der Waals surface area contributed by atoms with Crippen molar-refractivity contribution in [3.05, 3.63) is 0 Å². The molecule has 1 atom stereocenters. The molecular weight excluding hydrogens is 222 g/mol. The second-order valence-electron chi connectivity index (χ2n) is 4.76. The highest BCUT2D eigenvalue weighted by Crippen LogP contribution is 2.19. The van der Waals surface area contributed by atoms with E-state index in [0.717, 1.165) is 0 Å². The van der Waals surface area contributed by atoms with Crippen LogP contribution < -0.4 is 5.73 Å². The van der Waals surface area contributed by atoms with Crippen molar-refractivity contribution < 1.29 is 14.3 Å². The lowest BCUT2D eigenvalue weighted by molar-refractivity contribution is -0.142. The first-order valence-corrected chi connectivity index (χ1v) is 5.94. The summed E-state index contributed by atoms with van der Waals surface area (Å²) >= 11 is 0. The van der Waals surface area contributed by atoms with Crippen molar-refractivity contribution in [3.8, 4) is 0 Å².